The van der Waals surface area contributed by atoms with Crippen LogP contribution in [0.1, 0.15) is 11.3 Å². The van der Waals surface area contributed by atoms with Crippen LogP contribution in [0.4, 0.5) is 18.9 Å². The standard InChI is InChI=1S/C15H11ClF3N3O2/c16-10-3-1-9(2-4-10)7-21-13(23)14(24)22-11-5-6-12(20-8-11)15(17,18)19/h1-6,8H,7H2,(H,21,23)(H,22,24). The molecule has 0 aliphatic carbocycles. The number of pyridine rings is 1. The van der Waals surface area contributed by atoms with E-state index in [1.165, 1.54) is 0 Å². The summed E-state index contributed by atoms with van der Waals surface area (Å²) in [5, 5.41) is 5.08. The molecule has 2 rings (SSSR count). The van der Waals surface area contributed by atoms with Crippen molar-refractivity contribution < 1.29 is 22.8 Å². The largest absolute Gasteiger partial charge is 0.433 e. The Morgan fingerprint density at radius 2 is 1.71 bits per heavy atom. The number of halogens is 4. The first-order chi connectivity index (χ1) is 11.3. The molecule has 5 nitrogen and oxygen atoms in total. The van der Waals surface area contributed by atoms with Crippen LogP contribution in [0.15, 0.2) is 42.6 Å². The van der Waals surface area contributed by atoms with Crippen molar-refractivity contribution in [3.63, 3.8) is 0 Å². The van der Waals surface area contributed by atoms with Crippen molar-refractivity contribution in [3.8, 4) is 0 Å². The molecule has 0 aliphatic heterocycles. The third kappa shape index (κ3) is 4.95. The maximum absolute atomic E-state index is 12.4. The Hall–Kier alpha value is -2.61. The normalized spacial score (nSPS) is 11.0. The number of carbonyl (C=O) groups excluding carboxylic acids is 2. The van der Waals surface area contributed by atoms with Crippen molar-refractivity contribution in [2.75, 3.05) is 5.32 Å². The monoisotopic (exact) mass is 357 g/mol. The molecule has 1 heterocycles. The highest BCUT2D eigenvalue weighted by molar-refractivity contribution is 6.39. The molecule has 0 spiro atoms. The van der Waals surface area contributed by atoms with Gasteiger partial charge < -0.3 is 10.6 Å². The number of alkyl halides is 3. The molecule has 1 aromatic carbocycles. The average Bonchev–Trinajstić information content (AvgIpc) is 2.53. The maximum atomic E-state index is 12.4. The zero-order valence-corrected chi connectivity index (χ0v) is 12.8. The van der Waals surface area contributed by atoms with Gasteiger partial charge in [-0.1, -0.05) is 23.7 Å². The minimum Gasteiger partial charge on any atom is -0.344 e. The maximum Gasteiger partial charge on any atom is 0.433 e. The number of rotatable bonds is 3. The number of nitrogens with one attached hydrogen (secondary N) is 2. The molecule has 126 valence electrons. The van der Waals surface area contributed by atoms with Gasteiger partial charge in [-0.2, -0.15) is 13.2 Å². The topological polar surface area (TPSA) is 71.1 Å². The SMILES string of the molecule is O=C(NCc1ccc(Cl)cc1)C(=O)Nc1ccc(C(F)(F)F)nc1. The van der Waals surface area contributed by atoms with Gasteiger partial charge >= 0.3 is 18.0 Å². The molecule has 2 N–H and O–H groups in total. The van der Waals surface area contributed by atoms with E-state index in [-0.39, 0.29) is 12.2 Å². The first kappa shape index (κ1) is 17.7. The number of nitrogens with zero attached hydrogens (tertiary/aromatic N) is 1. The van der Waals surface area contributed by atoms with Gasteiger partial charge in [0.1, 0.15) is 5.69 Å². The fraction of sp³-hybridized carbons (Fsp3) is 0.133. The van der Waals surface area contributed by atoms with Crippen molar-refractivity contribution in [2.45, 2.75) is 12.7 Å². The van der Waals surface area contributed by atoms with Crippen LogP contribution in [0.2, 0.25) is 5.02 Å². The summed E-state index contributed by atoms with van der Waals surface area (Å²) >= 11 is 5.73. The van der Waals surface area contributed by atoms with Gasteiger partial charge in [0.2, 0.25) is 0 Å². The summed E-state index contributed by atoms with van der Waals surface area (Å²) < 4.78 is 37.1. The van der Waals surface area contributed by atoms with Crippen LogP contribution in [0.25, 0.3) is 0 Å². The number of hydrogen-bond acceptors (Lipinski definition) is 3. The zero-order valence-electron chi connectivity index (χ0n) is 12.0. The van der Waals surface area contributed by atoms with Crippen LogP contribution in [-0.4, -0.2) is 16.8 Å². The molecular formula is C15H11ClF3N3O2. The van der Waals surface area contributed by atoms with Crippen molar-refractivity contribution in [1.29, 1.82) is 0 Å². The van der Waals surface area contributed by atoms with Crippen LogP contribution in [0.5, 0.6) is 0 Å². The molecule has 0 fully saturated rings. The summed E-state index contributed by atoms with van der Waals surface area (Å²) in [5.74, 6) is -1.93. The Morgan fingerprint density at radius 1 is 1.04 bits per heavy atom. The number of hydrogen-bond donors (Lipinski definition) is 2. The smallest absolute Gasteiger partial charge is 0.344 e. The molecule has 2 aromatic rings. The fourth-order valence-corrected chi connectivity index (χ4v) is 1.81. The Bertz CT molecular complexity index is 731. The number of anilines is 1. The van der Waals surface area contributed by atoms with Crippen molar-refractivity contribution >= 4 is 29.1 Å². The first-order valence-corrected chi connectivity index (χ1v) is 7.00. The van der Waals surface area contributed by atoms with Gasteiger partial charge in [-0.15, -0.1) is 0 Å². The van der Waals surface area contributed by atoms with Crippen LogP contribution in [0, 0.1) is 0 Å². The predicted octanol–water partition coefficient (Wildman–Crippen LogP) is 3.01. The van der Waals surface area contributed by atoms with Crippen LogP contribution < -0.4 is 10.6 Å². The highest BCUT2D eigenvalue weighted by Gasteiger charge is 2.32. The van der Waals surface area contributed by atoms with Crippen LogP contribution >= 0.6 is 11.6 Å². The lowest BCUT2D eigenvalue weighted by Crippen LogP contribution is -2.35. The summed E-state index contributed by atoms with van der Waals surface area (Å²) in [7, 11) is 0. The molecule has 24 heavy (non-hydrogen) atoms. The molecule has 0 bridgehead atoms. The summed E-state index contributed by atoms with van der Waals surface area (Å²) in [6.45, 7) is 0.106. The van der Waals surface area contributed by atoms with E-state index >= 15 is 0 Å². The van der Waals surface area contributed by atoms with Gasteiger partial charge in [0.05, 0.1) is 11.9 Å². The lowest BCUT2D eigenvalue weighted by molar-refractivity contribution is -0.141. The highest BCUT2D eigenvalue weighted by atomic mass is 35.5. The molecule has 0 atom stereocenters. The lowest BCUT2D eigenvalue weighted by Gasteiger charge is -2.08. The Balaban J connectivity index is 1.89. The minimum absolute atomic E-state index is 0.0188. The molecule has 9 heteroatoms. The fourth-order valence-electron chi connectivity index (χ4n) is 1.69. The van der Waals surface area contributed by atoms with Crippen LogP contribution in [-0.2, 0) is 22.3 Å². The number of aromatic nitrogens is 1. The first-order valence-electron chi connectivity index (χ1n) is 6.62. The second-order valence-corrected chi connectivity index (χ2v) is 5.13. The van der Waals surface area contributed by atoms with E-state index in [4.69, 9.17) is 11.6 Å². The molecule has 2 amide bonds. The van der Waals surface area contributed by atoms with Crippen molar-refractivity contribution in [2.24, 2.45) is 0 Å². The van der Waals surface area contributed by atoms with E-state index in [0.717, 1.165) is 17.8 Å². The van der Waals surface area contributed by atoms with E-state index in [2.05, 4.69) is 15.6 Å². The molecule has 0 unspecified atom stereocenters. The summed E-state index contributed by atoms with van der Waals surface area (Å²) in [5.41, 5.74) is -0.376. The molecule has 0 aliphatic rings. The van der Waals surface area contributed by atoms with Gasteiger partial charge in [0.15, 0.2) is 0 Å². The Morgan fingerprint density at radius 3 is 2.25 bits per heavy atom. The molecule has 0 saturated carbocycles. The number of benzene rings is 1. The zero-order chi connectivity index (χ0) is 17.7. The number of carbonyl (C=O) groups is 2. The number of amides is 2. The second-order valence-electron chi connectivity index (χ2n) is 4.69. The summed E-state index contributed by atoms with van der Waals surface area (Å²) in [6.07, 6.45) is -3.74. The van der Waals surface area contributed by atoms with E-state index in [0.29, 0.717) is 11.1 Å². The minimum atomic E-state index is -4.57. The van der Waals surface area contributed by atoms with Gasteiger partial charge in [-0.05, 0) is 29.8 Å². The quantitative estimate of drug-likeness (QED) is 0.829. The van der Waals surface area contributed by atoms with Gasteiger partial charge in [0, 0.05) is 11.6 Å². The second kappa shape index (κ2) is 7.31. The van der Waals surface area contributed by atoms with E-state index in [1.807, 2.05) is 0 Å². The molecule has 1 aromatic heterocycles. The average molecular weight is 358 g/mol. The summed E-state index contributed by atoms with van der Waals surface area (Å²) in [6, 6.07) is 8.36. The molecular weight excluding hydrogens is 347 g/mol. The lowest BCUT2D eigenvalue weighted by atomic mass is 10.2. The third-order valence-electron chi connectivity index (χ3n) is 2.88. The van der Waals surface area contributed by atoms with Gasteiger partial charge in [0.25, 0.3) is 0 Å². The van der Waals surface area contributed by atoms with Gasteiger partial charge in [-0.25, -0.2) is 4.98 Å². The third-order valence-corrected chi connectivity index (χ3v) is 3.14. The van der Waals surface area contributed by atoms with Crippen molar-refractivity contribution in [1.82, 2.24) is 10.3 Å². The molecule has 0 saturated heterocycles. The van der Waals surface area contributed by atoms with E-state index in [9.17, 15) is 22.8 Å². The van der Waals surface area contributed by atoms with E-state index in [1.54, 1.807) is 24.3 Å². The van der Waals surface area contributed by atoms with E-state index < -0.39 is 23.7 Å². The molecule has 0 radical (unpaired) electrons. The predicted molar refractivity (Wildman–Crippen MR) is 81.2 cm³/mol. The Kier molecular flexibility index (Phi) is 5.40. The highest BCUT2D eigenvalue weighted by Crippen LogP contribution is 2.27. The van der Waals surface area contributed by atoms with Crippen LogP contribution in [0.3, 0.4) is 0 Å². The van der Waals surface area contributed by atoms with Crippen molar-refractivity contribution in [3.05, 3.63) is 58.9 Å². The Labute approximate surface area is 139 Å². The summed E-state index contributed by atoms with van der Waals surface area (Å²) in [4.78, 5) is 26.5. The van der Waals surface area contributed by atoms with Gasteiger partial charge in [-0.3, -0.25) is 9.59 Å².